The molecule has 0 bridgehead atoms. The predicted molar refractivity (Wildman–Crippen MR) is 126 cm³/mol. The van der Waals surface area contributed by atoms with Crippen molar-refractivity contribution in [2.45, 2.75) is 20.8 Å². The lowest BCUT2D eigenvalue weighted by Gasteiger charge is -2.19. The number of nitrogens with zero attached hydrogens (tertiary/aromatic N) is 1. The molecular formula is C27H21NO7. The lowest BCUT2D eigenvalue weighted by molar-refractivity contribution is -0.131. The summed E-state index contributed by atoms with van der Waals surface area (Å²) >= 11 is 0. The SMILES string of the molecule is CC(=O)Oc1ccc(C(=O)COC(=O)c2ccc3c(c2)C(=O)N(c2c(C)cccc2C)C3=O)cc1. The third-order valence-corrected chi connectivity index (χ3v) is 5.56. The van der Waals surface area contributed by atoms with E-state index in [0.29, 0.717) is 11.4 Å². The molecule has 0 radical (unpaired) electrons. The molecule has 2 amide bonds. The first-order chi connectivity index (χ1) is 16.7. The number of fused-ring (bicyclic) bond motifs is 1. The molecule has 0 saturated carbocycles. The number of hydrogen-bond acceptors (Lipinski definition) is 7. The first-order valence-corrected chi connectivity index (χ1v) is 10.7. The average Bonchev–Trinajstić information content (AvgIpc) is 3.07. The molecular weight excluding hydrogens is 450 g/mol. The third kappa shape index (κ3) is 4.59. The van der Waals surface area contributed by atoms with E-state index in [9.17, 15) is 24.0 Å². The summed E-state index contributed by atoms with van der Waals surface area (Å²) < 4.78 is 10.0. The summed E-state index contributed by atoms with van der Waals surface area (Å²) in [5.41, 5.74) is 2.68. The van der Waals surface area contributed by atoms with E-state index < -0.39 is 36.1 Å². The Bertz CT molecular complexity index is 1370. The van der Waals surface area contributed by atoms with E-state index in [-0.39, 0.29) is 22.3 Å². The fourth-order valence-corrected chi connectivity index (χ4v) is 3.90. The summed E-state index contributed by atoms with van der Waals surface area (Å²) in [7, 11) is 0. The van der Waals surface area contributed by atoms with Gasteiger partial charge in [0.25, 0.3) is 11.8 Å². The lowest BCUT2D eigenvalue weighted by Crippen LogP contribution is -2.30. The minimum atomic E-state index is -0.802. The summed E-state index contributed by atoms with van der Waals surface area (Å²) in [4.78, 5) is 63.1. The Balaban J connectivity index is 1.48. The Morgan fingerprint density at radius 2 is 1.40 bits per heavy atom. The number of rotatable bonds is 6. The van der Waals surface area contributed by atoms with E-state index in [0.717, 1.165) is 16.0 Å². The molecule has 3 aromatic rings. The lowest BCUT2D eigenvalue weighted by atomic mass is 10.1. The minimum Gasteiger partial charge on any atom is -0.454 e. The predicted octanol–water partition coefficient (Wildman–Crippen LogP) is 4.07. The zero-order valence-corrected chi connectivity index (χ0v) is 19.3. The monoisotopic (exact) mass is 471 g/mol. The van der Waals surface area contributed by atoms with Crippen LogP contribution in [0.25, 0.3) is 0 Å². The summed E-state index contributed by atoms with van der Waals surface area (Å²) in [5.74, 6) is -2.44. The van der Waals surface area contributed by atoms with E-state index in [4.69, 9.17) is 9.47 Å². The Labute approximate surface area is 201 Å². The number of anilines is 1. The van der Waals surface area contributed by atoms with Crippen molar-refractivity contribution >= 4 is 35.2 Å². The van der Waals surface area contributed by atoms with Gasteiger partial charge in [0.1, 0.15) is 5.75 Å². The number of hydrogen-bond donors (Lipinski definition) is 0. The van der Waals surface area contributed by atoms with Crippen LogP contribution in [0.4, 0.5) is 5.69 Å². The smallest absolute Gasteiger partial charge is 0.338 e. The second-order valence-corrected chi connectivity index (χ2v) is 8.06. The molecule has 0 saturated heterocycles. The van der Waals surface area contributed by atoms with Crippen LogP contribution in [-0.4, -0.2) is 36.1 Å². The quantitative estimate of drug-likeness (QED) is 0.231. The molecule has 0 atom stereocenters. The molecule has 0 aliphatic carbocycles. The number of carbonyl (C=O) groups excluding carboxylic acids is 5. The van der Waals surface area contributed by atoms with Crippen molar-refractivity contribution in [2.75, 3.05) is 11.5 Å². The van der Waals surface area contributed by atoms with Crippen LogP contribution < -0.4 is 9.64 Å². The molecule has 3 aromatic carbocycles. The summed E-state index contributed by atoms with van der Waals surface area (Å²) in [6, 6.07) is 15.4. The molecule has 8 heteroatoms. The third-order valence-electron chi connectivity index (χ3n) is 5.56. The Morgan fingerprint density at radius 1 is 0.800 bits per heavy atom. The van der Waals surface area contributed by atoms with Crippen molar-refractivity contribution in [1.82, 2.24) is 0 Å². The van der Waals surface area contributed by atoms with Crippen LogP contribution in [0.5, 0.6) is 5.75 Å². The molecule has 1 aliphatic rings. The van der Waals surface area contributed by atoms with Gasteiger partial charge in [0, 0.05) is 12.5 Å². The highest BCUT2D eigenvalue weighted by molar-refractivity contribution is 6.35. The minimum absolute atomic E-state index is 0.0475. The van der Waals surface area contributed by atoms with E-state index in [1.165, 1.54) is 49.4 Å². The topological polar surface area (TPSA) is 107 Å². The van der Waals surface area contributed by atoms with Crippen molar-refractivity contribution in [3.05, 3.63) is 94.0 Å². The Kier molecular flexibility index (Phi) is 6.29. The summed E-state index contributed by atoms with van der Waals surface area (Å²) in [5, 5.41) is 0. The number of ether oxygens (including phenoxy) is 2. The molecule has 1 heterocycles. The fraction of sp³-hybridized carbons (Fsp3) is 0.148. The number of aryl methyl sites for hydroxylation is 2. The number of ketones is 1. The average molecular weight is 471 g/mol. The molecule has 8 nitrogen and oxygen atoms in total. The van der Waals surface area contributed by atoms with Crippen molar-refractivity contribution in [2.24, 2.45) is 0 Å². The second kappa shape index (κ2) is 9.34. The van der Waals surface area contributed by atoms with Crippen LogP contribution in [0.1, 0.15) is 59.5 Å². The summed E-state index contributed by atoms with van der Waals surface area (Å²) in [6.45, 7) is 4.37. The van der Waals surface area contributed by atoms with E-state index >= 15 is 0 Å². The van der Waals surface area contributed by atoms with Gasteiger partial charge in [-0.2, -0.15) is 0 Å². The standard InChI is InChI=1S/C27H21NO7/c1-15-5-4-6-16(2)24(15)28-25(31)21-12-9-19(13-22(21)26(28)32)27(33)34-14-23(30)18-7-10-20(11-8-18)35-17(3)29/h4-13H,14H2,1-3H3. The van der Waals surface area contributed by atoms with Gasteiger partial charge in [-0.3, -0.25) is 19.2 Å². The number of para-hydroxylation sites is 1. The van der Waals surface area contributed by atoms with Gasteiger partial charge >= 0.3 is 11.9 Å². The largest absolute Gasteiger partial charge is 0.454 e. The van der Waals surface area contributed by atoms with E-state index in [1.54, 1.807) is 0 Å². The van der Waals surface area contributed by atoms with Gasteiger partial charge in [-0.25, -0.2) is 9.69 Å². The number of esters is 2. The maximum Gasteiger partial charge on any atom is 0.338 e. The van der Waals surface area contributed by atoms with Crippen molar-refractivity contribution in [1.29, 1.82) is 0 Å². The van der Waals surface area contributed by atoms with Gasteiger partial charge < -0.3 is 9.47 Å². The van der Waals surface area contributed by atoms with Gasteiger partial charge in [-0.15, -0.1) is 0 Å². The number of Topliss-reactive ketones (excluding diaryl/α,β-unsaturated/α-hetero) is 1. The van der Waals surface area contributed by atoms with Gasteiger partial charge in [0.2, 0.25) is 0 Å². The van der Waals surface area contributed by atoms with Crippen molar-refractivity contribution < 1.29 is 33.4 Å². The van der Waals surface area contributed by atoms with Crippen molar-refractivity contribution in [3.8, 4) is 5.75 Å². The first kappa shape index (κ1) is 23.6. The number of imide groups is 1. The number of amides is 2. The van der Waals surface area contributed by atoms with Gasteiger partial charge in [-0.1, -0.05) is 18.2 Å². The maximum atomic E-state index is 13.1. The molecule has 35 heavy (non-hydrogen) atoms. The van der Waals surface area contributed by atoms with Crippen LogP contribution in [0.3, 0.4) is 0 Å². The Morgan fingerprint density at radius 3 is 2.03 bits per heavy atom. The highest BCUT2D eigenvalue weighted by atomic mass is 16.5. The highest BCUT2D eigenvalue weighted by Crippen LogP contribution is 2.33. The van der Waals surface area contributed by atoms with Crippen LogP contribution in [-0.2, 0) is 9.53 Å². The van der Waals surface area contributed by atoms with Crippen LogP contribution in [0, 0.1) is 13.8 Å². The fourth-order valence-electron chi connectivity index (χ4n) is 3.90. The van der Waals surface area contributed by atoms with E-state index in [1.807, 2.05) is 32.0 Å². The molecule has 0 spiro atoms. The maximum absolute atomic E-state index is 13.1. The first-order valence-electron chi connectivity index (χ1n) is 10.7. The van der Waals surface area contributed by atoms with Crippen LogP contribution in [0.15, 0.2) is 60.7 Å². The van der Waals surface area contributed by atoms with Gasteiger partial charge in [0.05, 0.1) is 22.4 Å². The molecule has 0 N–H and O–H groups in total. The Hall–Kier alpha value is -4.59. The van der Waals surface area contributed by atoms with Crippen LogP contribution >= 0.6 is 0 Å². The van der Waals surface area contributed by atoms with Crippen molar-refractivity contribution in [3.63, 3.8) is 0 Å². The van der Waals surface area contributed by atoms with Gasteiger partial charge in [-0.05, 0) is 67.4 Å². The number of benzene rings is 3. The molecule has 1 aliphatic heterocycles. The van der Waals surface area contributed by atoms with E-state index in [2.05, 4.69) is 0 Å². The number of carbonyl (C=O) groups is 5. The second-order valence-electron chi connectivity index (χ2n) is 8.06. The zero-order chi connectivity index (χ0) is 25.3. The molecule has 4 rings (SSSR count). The highest BCUT2D eigenvalue weighted by Gasteiger charge is 2.38. The normalized spacial score (nSPS) is 12.4. The summed E-state index contributed by atoms with van der Waals surface area (Å²) in [6.07, 6.45) is 0. The molecule has 0 unspecified atom stereocenters. The molecule has 0 aromatic heterocycles. The van der Waals surface area contributed by atoms with Gasteiger partial charge in [0.15, 0.2) is 12.4 Å². The van der Waals surface area contributed by atoms with Crippen LogP contribution in [0.2, 0.25) is 0 Å². The zero-order valence-electron chi connectivity index (χ0n) is 19.3. The molecule has 0 fully saturated rings. The molecule has 176 valence electrons.